The van der Waals surface area contributed by atoms with Gasteiger partial charge in [0.2, 0.25) is 0 Å². The second-order valence-corrected chi connectivity index (χ2v) is 4.58. The topological polar surface area (TPSA) is 104 Å². The Hall–Kier alpha value is -0.240. The van der Waals surface area contributed by atoms with Gasteiger partial charge in [-0.3, -0.25) is 4.90 Å². The number of likely N-dealkylation sites (tertiary alicyclic amines) is 1. The summed E-state index contributed by atoms with van der Waals surface area (Å²) in [6.07, 6.45) is -0.884. The standard InChI is InChI=1S/C11H23NO5/c13-5-3-1-2-4-12-6-9(15)11(17)10(16)8(12)7-14/h8-11,13-17H,1-7H2/t8-,9+,10-,11-/m1/s1. The minimum Gasteiger partial charge on any atom is -0.396 e. The third kappa shape index (κ3) is 3.87. The zero-order valence-corrected chi connectivity index (χ0v) is 9.94. The zero-order chi connectivity index (χ0) is 12.8. The molecule has 0 aromatic carbocycles. The summed E-state index contributed by atoms with van der Waals surface area (Å²) >= 11 is 0. The van der Waals surface area contributed by atoms with Gasteiger partial charge in [0.05, 0.1) is 18.8 Å². The first-order valence-corrected chi connectivity index (χ1v) is 6.11. The molecule has 0 aromatic rings. The number of aliphatic hydroxyl groups excluding tert-OH is 5. The number of rotatable bonds is 6. The van der Waals surface area contributed by atoms with Crippen molar-refractivity contribution in [3.63, 3.8) is 0 Å². The molecule has 17 heavy (non-hydrogen) atoms. The smallest absolute Gasteiger partial charge is 0.109 e. The third-order valence-electron chi connectivity index (χ3n) is 3.32. The van der Waals surface area contributed by atoms with Gasteiger partial charge in [-0.15, -0.1) is 0 Å². The minimum atomic E-state index is -1.19. The molecule has 4 atom stereocenters. The molecule has 0 unspecified atom stereocenters. The van der Waals surface area contributed by atoms with Crippen LogP contribution in [0.4, 0.5) is 0 Å². The molecule has 0 radical (unpaired) electrons. The van der Waals surface area contributed by atoms with Gasteiger partial charge < -0.3 is 25.5 Å². The minimum absolute atomic E-state index is 0.160. The van der Waals surface area contributed by atoms with Crippen LogP contribution in [0.15, 0.2) is 0 Å². The Kier molecular flexibility index (Phi) is 6.32. The molecule has 0 aliphatic carbocycles. The van der Waals surface area contributed by atoms with Crippen LogP contribution in [0.1, 0.15) is 19.3 Å². The van der Waals surface area contributed by atoms with E-state index >= 15 is 0 Å². The molecule has 0 saturated carbocycles. The molecular weight excluding hydrogens is 226 g/mol. The molecule has 0 spiro atoms. The predicted octanol–water partition coefficient (Wildman–Crippen LogP) is -2.09. The molecule has 0 aromatic heterocycles. The van der Waals surface area contributed by atoms with Crippen molar-refractivity contribution >= 4 is 0 Å². The van der Waals surface area contributed by atoms with E-state index in [1.165, 1.54) is 0 Å². The Balaban J connectivity index is 2.45. The maximum Gasteiger partial charge on any atom is 0.109 e. The van der Waals surface area contributed by atoms with Crippen LogP contribution in [0.25, 0.3) is 0 Å². The molecule has 1 aliphatic rings. The SMILES string of the molecule is OCCCCCN1C[C@H](O)[C@@H](O)[C@H](O)[C@H]1CO. The van der Waals surface area contributed by atoms with Crippen LogP contribution in [-0.4, -0.2) is 81.1 Å². The first-order chi connectivity index (χ1) is 8.11. The summed E-state index contributed by atoms with van der Waals surface area (Å²) in [5, 5.41) is 46.7. The Bertz CT molecular complexity index is 216. The van der Waals surface area contributed by atoms with E-state index in [1.807, 2.05) is 0 Å². The lowest BCUT2D eigenvalue weighted by Crippen LogP contribution is -2.62. The normalized spacial score (nSPS) is 35.1. The van der Waals surface area contributed by atoms with Gasteiger partial charge in [0.15, 0.2) is 0 Å². The Labute approximate surface area is 101 Å². The first kappa shape index (κ1) is 14.8. The molecule has 1 saturated heterocycles. The van der Waals surface area contributed by atoms with Gasteiger partial charge in [-0.05, 0) is 25.8 Å². The lowest BCUT2D eigenvalue weighted by molar-refractivity contribution is -0.145. The zero-order valence-electron chi connectivity index (χ0n) is 9.94. The molecule has 1 fully saturated rings. The van der Waals surface area contributed by atoms with E-state index in [2.05, 4.69) is 0 Å². The third-order valence-corrected chi connectivity index (χ3v) is 3.32. The van der Waals surface area contributed by atoms with E-state index in [1.54, 1.807) is 4.90 Å². The molecule has 1 heterocycles. The van der Waals surface area contributed by atoms with Gasteiger partial charge in [-0.1, -0.05) is 0 Å². The number of β-amino-alcohol motifs (C(OH)–C–C–N with tert-alkyl or cyclic N) is 1. The molecule has 102 valence electrons. The van der Waals surface area contributed by atoms with E-state index < -0.39 is 24.4 Å². The first-order valence-electron chi connectivity index (χ1n) is 6.11. The number of aliphatic hydroxyl groups is 5. The van der Waals surface area contributed by atoms with Gasteiger partial charge in [0.1, 0.15) is 12.2 Å². The van der Waals surface area contributed by atoms with Crippen molar-refractivity contribution in [1.29, 1.82) is 0 Å². The summed E-state index contributed by atoms with van der Waals surface area (Å²) in [5.41, 5.74) is 0. The molecular formula is C11H23NO5. The van der Waals surface area contributed by atoms with Crippen molar-refractivity contribution in [1.82, 2.24) is 4.90 Å². The van der Waals surface area contributed by atoms with E-state index in [-0.39, 0.29) is 19.8 Å². The summed E-state index contributed by atoms with van der Waals surface area (Å²) in [6.45, 7) is 0.799. The summed E-state index contributed by atoms with van der Waals surface area (Å²) in [6, 6.07) is -0.525. The van der Waals surface area contributed by atoms with Gasteiger partial charge in [-0.25, -0.2) is 0 Å². The highest BCUT2D eigenvalue weighted by atomic mass is 16.4. The molecule has 0 bridgehead atoms. The summed E-state index contributed by atoms with van der Waals surface area (Å²) < 4.78 is 0. The largest absolute Gasteiger partial charge is 0.396 e. The van der Waals surface area contributed by atoms with Crippen molar-refractivity contribution in [2.45, 2.75) is 43.6 Å². The van der Waals surface area contributed by atoms with Crippen LogP contribution in [0.2, 0.25) is 0 Å². The van der Waals surface area contributed by atoms with Gasteiger partial charge >= 0.3 is 0 Å². The molecule has 5 N–H and O–H groups in total. The highest BCUT2D eigenvalue weighted by Gasteiger charge is 2.40. The lowest BCUT2D eigenvalue weighted by atomic mass is 9.94. The maximum absolute atomic E-state index is 9.73. The highest BCUT2D eigenvalue weighted by molar-refractivity contribution is 4.93. The van der Waals surface area contributed by atoms with Crippen molar-refractivity contribution in [3.05, 3.63) is 0 Å². The fourth-order valence-electron chi connectivity index (χ4n) is 2.24. The molecule has 6 heteroatoms. The predicted molar refractivity (Wildman–Crippen MR) is 61.4 cm³/mol. The number of hydrogen-bond donors (Lipinski definition) is 5. The van der Waals surface area contributed by atoms with E-state index in [0.717, 1.165) is 19.3 Å². The van der Waals surface area contributed by atoms with Crippen LogP contribution in [0.5, 0.6) is 0 Å². The van der Waals surface area contributed by atoms with Gasteiger partial charge in [0, 0.05) is 13.2 Å². The quantitative estimate of drug-likeness (QED) is 0.346. The second-order valence-electron chi connectivity index (χ2n) is 4.58. The van der Waals surface area contributed by atoms with E-state index in [9.17, 15) is 20.4 Å². The average Bonchev–Trinajstić information content (AvgIpc) is 2.32. The number of hydrogen-bond acceptors (Lipinski definition) is 6. The molecule has 1 aliphatic heterocycles. The monoisotopic (exact) mass is 249 g/mol. The van der Waals surface area contributed by atoms with Crippen LogP contribution in [0, 0.1) is 0 Å². The van der Waals surface area contributed by atoms with Crippen LogP contribution in [-0.2, 0) is 0 Å². The second kappa shape index (κ2) is 7.25. The van der Waals surface area contributed by atoms with Crippen molar-refractivity contribution in [2.24, 2.45) is 0 Å². The summed E-state index contributed by atoms with van der Waals surface area (Å²) in [7, 11) is 0. The molecule has 6 nitrogen and oxygen atoms in total. The molecule has 1 rings (SSSR count). The number of unbranched alkanes of at least 4 members (excludes halogenated alkanes) is 2. The summed E-state index contributed by atoms with van der Waals surface area (Å²) in [5.74, 6) is 0. The fourth-order valence-corrected chi connectivity index (χ4v) is 2.24. The van der Waals surface area contributed by atoms with Crippen molar-refractivity contribution < 1.29 is 25.5 Å². The Morgan fingerprint density at radius 2 is 1.65 bits per heavy atom. The van der Waals surface area contributed by atoms with E-state index in [0.29, 0.717) is 6.54 Å². The number of nitrogens with zero attached hydrogens (tertiary/aromatic N) is 1. The van der Waals surface area contributed by atoms with Crippen molar-refractivity contribution in [3.8, 4) is 0 Å². The van der Waals surface area contributed by atoms with Crippen LogP contribution >= 0.6 is 0 Å². The number of piperidine rings is 1. The summed E-state index contributed by atoms with van der Waals surface area (Å²) in [4.78, 5) is 1.79. The fraction of sp³-hybridized carbons (Fsp3) is 1.00. The van der Waals surface area contributed by atoms with Gasteiger partial charge in [0.25, 0.3) is 0 Å². The Morgan fingerprint density at radius 3 is 2.24 bits per heavy atom. The van der Waals surface area contributed by atoms with E-state index in [4.69, 9.17) is 5.11 Å². The van der Waals surface area contributed by atoms with Crippen LogP contribution < -0.4 is 0 Å². The lowest BCUT2D eigenvalue weighted by Gasteiger charge is -2.43. The average molecular weight is 249 g/mol. The maximum atomic E-state index is 9.73. The van der Waals surface area contributed by atoms with Crippen LogP contribution in [0.3, 0.4) is 0 Å². The van der Waals surface area contributed by atoms with Crippen molar-refractivity contribution in [2.75, 3.05) is 26.3 Å². The highest BCUT2D eigenvalue weighted by Crippen LogP contribution is 2.19. The van der Waals surface area contributed by atoms with Gasteiger partial charge in [-0.2, -0.15) is 0 Å². The Morgan fingerprint density at radius 1 is 0.941 bits per heavy atom. The molecule has 0 amide bonds.